The summed E-state index contributed by atoms with van der Waals surface area (Å²) >= 11 is 5.99. The Labute approximate surface area is 168 Å². The van der Waals surface area contributed by atoms with E-state index in [0.29, 0.717) is 22.0 Å². The summed E-state index contributed by atoms with van der Waals surface area (Å²) in [6.07, 6.45) is -0.867. The third kappa shape index (κ3) is 5.99. The summed E-state index contributed by atoms with van der Waals surface area (Å²) in [5.74, 6) is -0.920. The Kier molecular flexibility index (Phi) is 7.40. The normalized spacial score (nSPS) is 11.5. The van der Waals surface area contributed by atoms with E-state index >= 15 is 0 Å². The van der Waals surface area contributed by atoms with E-state index in [1.54, 1.807) is 62.4 Å². The molecular formula is C20H22ClN3O4. The Morgan fingerprint density at radius 1 is 0.893 bits per heavy atom. The number of hydrogen-bond donors (Lipinski definition) is 3. The summed E-state index contributed by atoms with van der Waals surface area (Å²) in [5, 5.41) is 3.12. The second kappa shape index (κ2) is 9.75. The molecule has 0 radical (unpaired) electrons. The number of carbonyl (C=O) groups is 3. The second-order valence-corrected chi connectivity index (χ2v) is 6.76. The molecule has 3 amide bonds. The molecule has 0 fully saturated rings. The second-order valence-electron chi connectivity index (χ2n) is 6.36. The molecule has 1 atom stereocenters. The number of carbonyl (C=O) groups excluding carboxylic acids is 3. The van der Waals surface area contributed by atoms with Crippen molar-refractivity contribution < 1.29 is 19.1 Å². The molecule has 8 heteroatoms. The zero-order chi connectivity index (χ0) is 20.7. The van der Waals surface area contributed by atoms with Crippen LogP contribution in [0.25, 0.3) is 0 Å². The molecule has 28 heavy (non-hydrogen) atoms. The van der Waals surface area contributed by atoms with Gasteiger partial charge in [-0.15, -0.1) is 0 Å². The molecule has 0 aliphatic carbocycles. The SMILES string of the molecule is CC(C)C(=O)Nc1ccc(C(=O)NNC(=O)C(C)Oc2ccccc2Cl)cc1. The fraction of sp³-hybridized carbons (Fsp3) is 0.250. The van der Waals surface area contributed by atoms with Crippen LogP contribution in [0.2, 0.25) is 5.02 Å². The first kappa shape index (κ1) is 21.2. The van der Waals surface area contributed by atoms with E-state index < -0.39 is 17.9 Å². The number of nitrogens with one attached hydrogen (secondary N) is 3. The van der Waals surface area contributed by atoms with Crippen molar-refractivity contribution >= 4 is 35.0 Å². The molecule has 2 rings (SSSR count). The van der Waals surface area contributed by atoms with Crippen molar-refractivity contribution in [1.29, 1.82) is 0 Å². The molecule has 0 heterocycles. The molecule has 0 aliphatic heterocycles. The summed E-state index contributed by atoms with van der Waals surface area (Å²) in [6.45, 7) is 5.11. The number of hydrazine groups is 1. The van der Waals surface area contributed by atoms with Crippen molar-refractivity contribution in [3.8, 4) is 5.75 Å². The third-order valence-electron chi connectivity index (χ3n) is 3.75. The third-order valence-corrected chi connectivity index (χ3v) is 4.06. The van der Waals surface area contributed by atoms with Crippen molar-refractivity contribution in [3.05, 3.63) is 59.1 Å². The molecule has 1 unspecified atom stereocenters. The van der Waals surface area contributed by atoms with E-state index in [9.17, 15) is 14.4 Å². The van der Waals surface area contributed by atoms with Crippen molar-refractivity contribution in [2.45, 2.75) is 26.9 Å². The van der Waals surface area contributed by atoms with Gasteiger partial charge < -0.3 is 10.1 Å². The molecule has 0 aliphatic rings. The Bertz CT molecular complexity index is 853. The van der Waals surface area contributed by atoms with Crippen LogP contribution in [0.1, 0.15) is 31.1 Å². The predicted octanol–water partition coefficient (Wildman–Crippen LogP) is 3.16. The van der Waals surface area contributed by atoms with Crippen LogP contribution in [-0.2, 0) is 9.59 Å². The Hall–Kier alpha value is -3.06. The van der Waals surface area contributed by atoms with Gasteiger partial charge in [0.05, 0.1) is 5.02 Å². The molecule has 0 bridgehead atoms. The van der Waals surface area contributed by atoms with Gasteiger partial charge in [-0.2, -0.15) is 0 Å². The average molecular weight is 404 g/mol. The van der Waals surface area contributed by atoms with Gasteiger partial charge in [-0.25, -0.2) is 0 Å². The van der Waals surface area contributed by atoms with E-state index in [2.05, 4.69) is 16.2 Å². The first-order chi connectivity index (χ1) is 13.3. The molecule has 2 aromatic rings. The Morgan fingerprint density at radius 2 is 1.54 bits per heavy atom. The van der Waals surface area contributed by atoms with Gasteiger partial charge in [0.25, 0.3) is 11.8 Å². The highest BCUT2D eigenvalue weighted by Crippen LogP contribution is 2.24. The van der Waals surface area contributed by atoms with E-state index in [1.165, 1.54) is 6.92 Å². The van der Waals surface area contributed by atoms with Gasteiger partial charge in [0.1, 0.15) is 5.75 Å². The van der Waals surface area contributed by atoms with Crippen molar-refractivity contribution in [1.82, 2.24) is 10.9 Å². The van der Waals surface area contributed by atoms with Gasteiger partial charge in [0.15, 0.2) is 6.10 Å². The molecule has 148 valence electrons. The van der Waals surface area contributed by atoms with Gasteiger partial charge in [-0.3, -0.25) is 25.2 Å². The molecule has 7 nitrogen and oxygen atoms in total. The Balaban J connectivity index is 1.86. The lowest BCUT2D eigenvalue weighted by Crippen LogP contribution is -2.47. The lowest BCUT2D eigenvalue weighted by molar-refractivity contribution is -0.128. The summed E-state index contributed by atoms with van der Waals surface area (Å²) in [6, 6.07) is 13.1. The van der Waals surface area contributed by atoms with Crippen molar-refractivity contribution in [2.24, 2.45) is 5.92 Å². The van der Waals surface area contributed by atoms with Gasteiger partial charge in [0.2, 0.25) is 5.91 Å². The van der Waals surface area contributed by atoms with Crippen LogP contribution >= 0.6 is 11.6 Å². The lowest BCUT2D eigenvalue weighted by atomic mass is 10.1. The van der Waals surface area contributed by atoms with Gasteiger partial charge in [-0.05, 0) is 43.3 Å². The van der Waals surface area contributed by atoms with Gasteiger partial charge in [0, 0.05) is 17.2 Å². The monoisotopic (exact) mass is 403 g/mol. The van der Waals surface area contributed by atoms with Crippen LogP contribution in [0.15, 0.2) is 48.5 Å². The summed E-state index contributed by atoms with van der Waals surface area (Å²) < 4.78 is 5.48. The smallest absolute Gasteiger partial charge is 0.279 e. The summed E-state index contributed by atoms with van der Waals surface area (Å²) in [5.41, 5.74) is 5.53. The van der Waals surface area contributed by atoms with E-state index in [1.807, 2.05) is 0 Å². The highest BCUT2D eigenvalue weighted by atomic mass is 35.5. The number of para-hydroxylation sites is 1. The largest absolute Gasteiger partial charge is 0.479 e. The van der Waals surface area contributed by atoms with Crippen LogP contribution in [0.4, 0.5) is 5.69 Å². The number of halogens is 1. The minimum Gasteiger partial charge on any atom is -0.479 e. The maximum atomic E-state index is 12.2. The van der Waals surface area contributed by atoms with Crippen LogP contribution in [0.5, 0.6) is 5.75 Å². The molecule has 3 N–H and O–H groups in total. The molecular weight excluding hydrogens is 382 g/mol. The zero-order valence-corrected chi connectivity index (χ0v) is 16.5. The number of rotatable bonds is 6. The topological polar surface area (TPSA) is 96.5 Å². The summed E-state index contributed by atoms with van der Waals surface area (Å²) in [7, 11) is 0. The first-order valence-corrected chi connectivity index (χ1v) is 9.08. The Morgan fingerprint density at radius 3 is 2.14 bits per heavy atom. The average Bonchev–Trinajstić information content (AvgIpc) is 2.68. The van der Waals surface area contributed by atoms with E-state index in [4.69, 9.17) is 16.3 Å². The van der Waals surface area contributed by atoms with Crippen LogP contribution in [-0.4, -0.2) is 23.8 Å². The minimum absolute atomic E-state index is 0.114. The van der Waals surface area contributed by atoms with Crippen molar-refractivity contribution in [3.63, 3.8) is 0 Å². The van der Waals surface area contributed by atoms with Crippen LogP contribution in [0.3, 0.4) is 0 Å². The van der Waals surface area contributed by atoms with Gasteiger partial charge >= 0.3 is 0 Å². The maximum Gasteiger partial charge on any atom is 0.279 e. The fourth-order valence-electron chi connectivity index (χ4n) is 2.07. The van der Waals surface area contributed by atoms with E-state index in [0.717, 1.165) is 0 Å². The zero-order valence-electron chi connectivity index (χ0n) is 15.8. The highest BCUT2D eigenvalue weighted by Gasteiger charge is 2.17. The van der Waals surface area contributed by atoms with Gasteiger partial charge in [-0.1, -0.05) is 37.6 Å². The molecule has 2 aromatic carbocycles. The number of benzene rings is 2. The minimum atomic E-state index is -0.867. The fourth-order valence-corrected chi connectivity index (χ4v) is 2.25. The predicted molar refractivity (Wildman–Crippen MR) is 107 cm³/mol. The number of anilines is 1. The quantitative estimate of drug-likeness (QED) is 0.645. The maximum absolute atomic E-state index is 12.2. The summed E-state index contributed by atoms with van der Waals surface area (Å²) in [4.78, 5) is 35.9. The van der Waals surface area contributed by atoms with Crippen molar-refractivity contribution in [2.75, 3.05) is 5.32 Å². The number of hydrogen-bond acceptors (Lipinski definition) is 4. The molecule has 0 saturated carbocycles. The van der Waals surface area contributed by atoms with Crippen LogP contribution in [0, 0.1) is 5.92 Å². The molecule has 0 saturated heterocycles. The number of ether oxygens (including phenoxy) is 1. The molecule has 0 spiro atoms. The highest BCUT2D eigenvalue weighted by molar-refractivity contribution is 6.32. The number of amides is 3. The molecule has 0 aromatic heterocycles. The standard InChI is InChI=1S/C20H22ClN3O4/c1-12(2)18(25)22-15-10-8-14(9-11-15)20(27)24-23-19(26)13(3)28-17-7-5-4-6-16(17)21/h4-13H,1-3H3,(H,22,25)(H,23,26)(H,24,27). The first-order valence-electron chi connectivity index (χ1n) is 8.70. The lowest BCUT2D eigenvalue weighted by Gasteiger charge is -2.16. The van der Waals surface area contributed by atoms with Crippen LogP contribution < -0.4 is 20.9 Å². The van der Waals surface area contributed by atoms with E-state index in [-0.39, 0.29) is 11.8 Å².